The molecule has 2 N–H and O–H groups in total. The van der Waals surface area contributed by atoms with Crippen molar-refractivity contribution in [2.45, 2.75) is 30.3 Å². The molecule has 2 aliphatic rings. The van der Waals surface area contributed by atoms with Crippen LogP contribution in [-0.2, 0) is 0 Å². The number of anilines is 1. The Morgan fingerprint density at radius 2 is 1.82 bits per heavy atom. The zero-order valence-electron chi connectivity index (χ0n) is 20.2. The van der Waals surface area contributed by atoms with Gasteiger partial charge in [0.1, 0.15) is 5.75 Å². The summed E-state index contributed by atoms with van der Waals surface area (Å²) in [5.41, 5.74) is 1.59. The highest BCUT2D eigenvalue weighted by Crippen LogP contribution is 2.50. The molecular formula is C26H35BrN4O3. The van der Waals surface area contributed by atoms with Gasteiger partial charge < -0.3 is 25.0 Å². The molecule has 3 atom stereocenters. The number of halogens is 1. The molecule has 0 saturated carbocycles. The molecule has 34 heavy (non-hydrogen) atoms. The molecule has 0 spiro atoms. The van der Waals surface area contributed by atoms with Gasteiger partial charge in [-0.15, -0.1) is 0 Å². The van der Waals surface area contributed by atoms with Crippen molar-refractivity contribution in [1.29, 1.82) is 0 Å². The van der Waals surface area contributed by atoms with E-state index in [4.69, 9.17) is 4.74 Å². The highest BCUT2D eigenvalue weighted by Gasteiger charge is 2.60. The second-order valence-corrected chi connectivity index (χ2v) is 10.5. The predicted octanol–water partition coefficient (Wildman–Crippen LogP) is 3.85. The Kier molecular flexibility index (Phi) is 7.82. The first-order valence-corrected chi connectivity index (χ1v) is 12.6. The third-order valence-corrected chi connectivity index (χ3v) is 7.67. The molecule has 0 radical (unpaired) electrons. The lowest BCUT2D eigenvalue weighted by atomic mass is 9.64. The lowest BCUT2D eigenvalue weighted by Gasteiger charge is -2.65. The Morgan fingerprint density at radius 1 is 1.15 bits per heavy atom. The smallest absolute Gasteiger partial charge is 0.321 e. The molecule has 0 unspecified atom stereocenters. The number of rotatable bonds is 6. The van der Waals surface area contributed by atoms with Crippen molar-refractivity contribution in [3.8, 4) is 5.75 Å². The maximum absolute atomic E-state index is 13.3. The van der Waals surface area contributed by atoms with Gasteiger partial charge in [0.2, 0.25) is 0 Å². The van der Waals surface area contributed by atoms with Gasteiger partial charge in [0, 0.05) is 41.8 Å². The fraction of sp³-hybridized carbons (Fsp3) is 0.500. The SMILES string of the molecule is COc1ccc(NC(=O)N2CCCCN3[C@@H](C2)[C@@H](c2ccc(Br)cc2)[C@@]3(CO)CN(C)C)cc1. The van der Waals surface area contributed by atoms with Crippen LogP contribution in [0.3, 0.4) is 0 Å². The monoisotopic (exact) mass is 530 g/mol. The second-order valence-electron chi connectivity index (χ2n) is 9.60. The standard InChI is InChI=1S/C26H35BrN4O3/c1-29(2)17-26(18-32)24(19-6-8-20(27)9-7-19)23-16-30(14-4-5-15-31(23)26)25(33)28-21-10-12-22(34-3)13-11-21/h6-13,23-24,32H,4-5,14-18H2,1-3H3,(H,28,33)/t23-,24+,26-/m0/s1. The molecule has 2 heterocycles. The Labute approximate surface area is 210 Å². The third kappa shape index (κ3) is 4.96. The molecular weight excluding hydrogens is 496 g/mol. The Morgan fingerprint density at radius 3 is 2.44 bits per heavy atom. The molecule has 0 aromatic heterocycles. The van der Waals surface area contributed by atoms with Crippen LogP contribution in [0.25, 0.3) is 0 Å². The molecule has 2 aromatic rings. The van der Waals surface area contributed by atoms with E-state index in [0.29, 0.717) is 6.54 Å². The Balaban J connectivity index is 1.59. The van der Waals surface area contributed by atoms with Crippen molar-refractivity contribution in [3.05, 3.63) is 58.6 Å². The topological polar surface area (TPSA) is 68.3 Å². The van der Waals surface area contributed by atoms with Gasteiger partial charge in [-0.05, 0) is 75.4 Å². The molecule has 8 heteroatoms. The number of urea groups is 1. The predicted molar refractivity (Wildman–Crippen MR) is 139 cm³/mol. The lowest BCUT2D eigenvalue weighted by molar-refractivity contribution is -0.144. The minimum absolute atomic E-state index is 0.0838. The van der Waals surface area contributed by atoms with E-state index in [1.165, 1.54) is 5.56 Å². The molecule has 4 rings (SSSR count). The van der Waals surface area contributed by atoms with Crippen LogP contribution < -0.4 is 10.1 Å². The van der Waals surface area contributed by atoms with Crippen LogP contribution in [0.5, 0.6) is 5.75 Å². The number of carbonyl (C=O) groups excluding carboxylic acids is 1. The van der Waals surface area contributed by atoms with Crippen LogP contribution in [0.2, 0.25) is 0 Å². The van der Waals surface area contributed by atoms with Crippen molar-refractivity contribution < 1.29 is 14.6 Å². The highest BCUT2D eigenvalue weighted by atomic mass is 79.9. The van der Waals surface area contributed by atoms with Crippen LogP contribution >= 0.6 is 15.9 Å². The van der Waals surface area contributed by atoms with Gasteiger partial charge >= 0.3 is 6.03 Å². The number of benzene rings is 2. The van der Waals surface area contributed by atoms with Gasteiger partial charge in [0.15, 0.2) is 0 Å². The van der Waals surface area contributed by atoms with Crippen molar-refractivity contribution >= 4 is 27.6 Å². The molecule has 7 nitrogen and oxygen atoms in total. The first kappa shape index (κ1) is 25.0. The number of carbonyl (C=O) groups is 1. The summed E-state index contributed by atoms with van der Waals surface area (Å²) < 4.78 is 6.25. The van der Waals surface area contributed by atoms with Crippen LogP contribution in [0.4, 0.5) is 10.5 Å². The number of ether oxygens (including phenoxy) is 1. The van der Waals surface area contributed by atoms with Crippen LogP contribution in [0, 0.1) is 0 Å². The van der Waals surface area contributed by atoms with Gasteiger partial charge in [-0.25, -0.2) is 4.79 Å². The molecule has 184 valence electrons. The molecule has 2 fully saturated rings. The Bertz CT molecular complexity index is 969. The van der Waals surface area contributed by atoms with Crippen LogP contribution in [0.15, 0.2) is 53.0 Å². The van der Waals surface area contributed by atoms with Crippen molar-refractivity contribution in [2.24, 2.45) is 0 Å². The number of hydrogen-bond acceptors (Lipinski definition) is 5. The van der Waals surface area contributed by atoms with E-state index in [0.717, 1.165) is 48.4 Å². The number of nitrogens with zero attached hydrogens (tertiary/aromatic N) is 3. The van der Waals surface area contributed by atoms with E-state index in [2.05, 4.69) is 69.4 Å². The summed E-state index contributed by atoms with van der Waals surface area (Å²) in [6.07, 6.45) is 1.93. The summed E-state index contributed by atoms with van der Waals surface area (Å²) >= 11 is 3.54. The largest absolute Gasteiger partial charge is 0.497 e. The zero-order valence-corrected chi connectivity index (χ0v) is 21.8. The van der Waals surface area contributed by atoms with Gasteiger partial charge in [0.05, 0.1) is 19.3 Å². The number of amides is 2. The average Bonchev–Trinajstić information content (AvgIpc) is 2.81. The average molecular weight is 531 g/mol. The second kappa shape index (κ2) is 10.6. The number of methoxy groups -OCH3 is 1. The first-order chi connectivity index (χ1) is 16.4. The molecule has 2 saturated heterocycles. The van der Waals surface area contributed by atoms with Crippen molar-refractivity contribution in [2.75, 3.05) is 59.3 Å². The van der Waals surface area contributed by atoms with E-state index < -0.39 is 0 Å². The fourth-order valence-electron chi connectivity index (χ4n) is 5.70. The normalized spacial score (nSPS) is 25.2. The summed E-state index contributed by atoms with van der Waals surface area (Å²) in [6, 6.07) is 15.9. The number of aliphatic hydroxyl groups is 1. The van der Waals surface area contributed by atoms with E-state index in [-0.39, 0.29) is 30.1 Å². The Hall–Kier alpha value is -2.13. The summed E-state index contributed by atoms with van der Waals surface area (Å²) in [4.78, 5) is 19.8. The quantitative estimate of drug-likeness (QED) is 0.593. The van der Waals surface area contributed by atoms with Crippen LogP contribution in [-0.4, -0.2) is 91.4 Å². The molecule has 2 aliphatic heterocycles. The van der Waals surface area contributed by atoms with E-state index >= 15 is 0 Å². The minimum atomic E-state index is -0.364. The number of likely N-dealkylation sites (N-methyl/N-ethyl adjacent to an activating group) is 1. The molecule has 0 aliphatic carbocycles. The number of aliphatic hydroxyl groups excluding tert-OH is 1. The molecule has 0 bridgehead atoms. The third-order valence-electron chi connectivity index (χ3n) is 7.14. The van der Waals surface area contributed by atoms with Gasteiger partial charge in [-0.1, -0.05) is 28.1 Å². The first-order valence-electron chi connectivity index (χ1n) is 11.9. The lowest BCUT2D eigenvalue weighted by Crippen LogP contribution is -2.78. The van der Waals surface area contributed by atoms with Crippen molar-refractivity contribution in [3.63, 3.8) is 0 Å². The van der Waals surface area contributed by atoms with Gasteiger partial charge in [-0.3, -0.25) is 4.90 Å². The minimum Gasteiger partial charge on any atom is -0.497 e. The molecule has 2 amide bonds. The summed E-state index contributed by atoms with van der Waals surface area (Å²) in [7, 11) is 5.74. The van der Waals surface area contributed by atoms with Crippen molar-refractivity contribution in [1.82, 2.24) is 14.7 Å². The van der Waals surface area contributed by atoms with Gasteiger partial charge in [0.25, 0.3) is 0 Å². The molecule has 2 aromatic carbocycles. The van der Waals surface area contributed by atoms with E-state index in [9.17, 15) is 9.90 Å². The fourth-order valence-corrected chi connectivity index (χ4v) is 5.96. The maximum atomic E-state index is 13.3. The van der Waals surface area contributed by atoms with E-state index in [1.54, 1.807) is 7.11 Å². The maximum Gasteiger partial charge on any atom is 0.321 e. The summed E-state index contributed by atoms with van der Waals surface area (Å²) in [5.74, 6) is 0.885. The highest BCUT2D eigenvalue weighted by molar-refractivity contribution is 9.10. The number of nitrogens with one attached hydrogen (secondary N) is 1. The summed E-state index contributed by atoms with van der Waals surface area (Å²) in [5, 5.41) is 13.8. The zero-order chi connectivity index (χ0) is 24.3. The van der Waals surface area contributed by atoms with Gasteiger partial charge in [-0.2, -0.15) is 0 Å². The van der Waals surface area contributed by atoms with Crippen LogP contribution in [0.1, 0.15) is 24.3 Å². The summed E-state index contributed by atoms with van der Waals surface area (Å²) in [6.45, 7) is 3.12. The number of fused-ring (bicyclic) bond motifs is 1. The van der Waals surface area contributed by atoms with E-state index in [1.807, 2.05) is 29.2 Å². The number of hydrogen-bond donors (Lipinski definition) is 2.